The van der Waals surface area contributed by atoms with Gasteiger partial charge in [-0.1, -0.05) is 12.1 Å². The highest BCUT2D eigenvalue weighted by atomic mass is 16.3. The van der Waals surface area contributed by atoms with Crippen LogP contribution in [0, 0.1) is 13.8 Å². The van der Waals surface area contributed by atoms with E-state index in [0.717, 1.165) is 11.1 Å². The van der Waals surface area contributed by atoms with Gasteiger partial charge in [0, 0.05) is 16.9 Å². The lowest BCUT2D eigenvalue weighted by Crippen LogP contribution is -2.13. The fraction of sp³-hybridized carbons (Fsp3) is 0.133. The molecule has 0 radical (unpaired) electrons. The molecular weight excluding hydrogens is 240 g/mol. The number of nitrogen functional groups attached to an aromatic ring is 1. The number of rotatable bonds is 2. The van der Waals surface area contributed by atoms with E-state index in [4.69, 9.17) is 5.73 Å². The lowest BCUT2D eigenvalue weighted by atomic mass is 10.1. The Morgan fingerprint density at radius 3 is 2.47 bits per heavy atom. The number of hydrogen-bond donors (Lipinski definition) is 3. The Balaban J connectivity index is 2.25. The highest BCUT2D eigenvalue weighted by molar-refractivity contribution is 6.05. The summed E-state index contributed by atoms with van der Waals surface area (Å²) < 4.78 is 0. The topological polar surface area (TPSA) is 75.4 Å². The van der Waals surface area contributed by atoms with Gasteiger partial charge in [0.25, 0.3) is 5.91 Å². The molecule has 0 aromatic heterocycles. The van der Waals surface area contributed by atoms with Crippen molar-refractivity contribution in [2.45, 2.75) is 13.8 Å². The van der Waals surface area contributed by atoms with E-state index in [1.54, 1.807) is 31.2 Å². The molecule has 0 atom stereocenters. The van der Waals surface area contributed by atoms with E-state index in [1.807, 2.05) is 13.0 Å². The molecule has 0 aliphatic rings. The van der Waals surface area contributed by atoms with Crippen LogP contribution in [0.25, 0.3) is 0 Å². The average molecular weight is 256 g/mol. The maximum absolute atomic E-state index is 12.1. The molecule has 0 aliphatic carbocycles. The molecule has 4 N–H and O–H groups in total. The summed E-state index contributed by atoms with van der Waals surface area (Å²) in [5.41, 5.74) is 9.03. The van der Waals surface area contributed by atoms with E-state index < -0.39 is 0 Å². The highest BCUT2D eigenvalue weighted by Crippen LogP contribution is 2.21. The number of anilines is 2. The Bertz CT molecular complexity index is 636. The number of benzene rings is 2. The van der Waals surface area contributed by atoms with Crippen molar-refractivity contribution in [1.29, 1.82) is 0 Å². The second-order valence-corrected chi connectivity index (χ2v) is 4.53. The molecule has 0 bridgehead atoms. The van der Waals surface area contributed by atoms with Crippen molar-refractivity contribution in [2.75, 3.05) is 11.1 Å². The molecular formula is C15H16N2O2. The van der Waals surface area contributed by atoms with E-state index in [0.29, 0.717) is 16.9 Å². The van der Waals surface area contributed by atoms with Crippen LogP contribution >= 0.6 is 0 Å². The fourth-order valence-corrected chi connectivity index (χ4v) is 1.72. The van der Waals surface area contributed by atoms with Gasteiger partial charge in [0.15, 0.2) is 0 Å². The molecule has 19 heavy (non-hydrogen) atoms. The lowest BCUT2D eigenvalue weighted by Gasteiger charge is -2.10. The number of hydrogen-bond acceptors (Lipinski definition) is 3. The number of phenolic OH excluding ortho intramolecular Hbond substituents is 1. The fourth-order valence-electron chi connectivity index (χ4n) is 1.72. The number of aryl methyl sites for hydroxylation is 2. The van der Waals surface area contributed by atoms with Crippen LogP contribution in [0.15, 0.2) is 36.4 Å². The van der Waals surface area contributed by atoms with Crippen LogP contribution < -0.4 is 11.1 Å². The predicted molar refractivity (Wildman–Crippen MR) is 76.4 cm³/mol. The monoisotopic (exact) mass is 256 g/mol. The minimum absolute atomic E-state index is 0.108. The summed E-state index contributed by atoms with van der Waals surface area (Å²) in [5.74, 6) is -0.166. The Morgan fingerprint density at radius 2 is 1.79 bits per heavy atom. The first kappa shape index (κ1) is 13.0. The normalized spacial score (nSPS) is 10.2. The zero-order valence-electron chi connectivity index (χ0n) is 10.9. The van der Waals surface area contributed by atoms with Gasteiger partial charge in [-0.3, -0.25) is 4.79 Å². The number of nitrogens with two attached hydrogens (primary N) is 1. The maximum atomic E-state index is 12.1. The number of carbonyl (C=O) groups is 1. The van der Waals surface area contributed by atoms with Crippen LogP contribution in [0.2, 0.25) is 0 Å². The Hall–Kier alpha value is -2.49. The molecule has 0 saturated heterocycles. The van der Waals surface area contributed by atoms with Crippen LogP contribution in [0.3, 0.4) is 0 Å². The van der Waals surface area contributed by atoms with Crippen molar-refractivity contribution in [2.24, 2.45) is 0 Å². The van der Waals surface area contributed by atoms with Gasteiger partial charge in [0.2, 0.25) is 0 Å². The largest absolute Gasteiger partial charge is 0.508 e. The Kier molecular flexibility index (Phi) is 3.42. The van der Waals surface area contributed by atoms with E-state index in [2.05, 4.69) is 5.32 Å². The third kappa shape index (κ3) is 2.85. The van der Waals surface area contributed by atoms with E-state index >= 15 is 0 Å². The standard InChI is InChI=1S/C15H16N2O2/c1-9-4-6-12(16)8-13(9)17-15(19)11-5-3-10(2)14(18)7-11/h3-8,18H,16H2,1-2H3,(H,17,19). The number of aromatic hydroxyl groups is 1. The van der Waals surface area contributed by atoms with Crippen LogP contribution in [-0.4, -0.2) is 11.0 Å². The van der Waals surface area contributed by atoms with E-state index in [-0.39, 0.29) is 11.7 Å². The number of nitrogens with one attached hydrogen (secondary N) is 1. The third-order valence-electron chi connectivity index (χ3n) is 2.98. The quantitative estimate of drug-likeness (QED) is 0.723. The SMILES string of the molecule is Cc1ccc(C(=O)Nc2cc(N)ccc2C)cc1O. The molecule has 0 heterocycles. The van der Waals surface area contributed by atoms with Crippen LogP contribution in [0.5, 0.6) is 5.75 Å². The Labute approximate surface area is 111 Å². The van der Waals surface area contributed by atoms with Gasteiger partial charge in [-0.2, -0.15) is 0 Å². The zero-order chi connectivity index (χ0) is 14.0. The van der Waals surface area contributed by atoms with Gasteiger partial charge in [-0.05, 0) is 49.2 Å². The van der Waals surface area contributed by atoms with Crippen molar-refractivity contribution in [3.8, 4) is 5.75 Å². The molecule has 2 rings (SSSR count). The molecule has 0 fully saturated rings. The third-order valence-corrected chi connectivity index (χ3v) is 2.98. The molecule has 0 unspecified atom stereocenters. The van der Waals surface area contributed by atoms with Gasteiger partial charge in [-0.15, -0.1) is 0 Å². The summed E-state index contributed by atoms with van der Waals surface area (Å²) in [5, 5.41) is 12.4. The first-order chi connectivity index (χ1) is 8.97. The van der Waals surface area contributed by atoms with Crippen LogP contribution in [-0.2, 0) is 0 Å². The zero-order valence-corrected chi connectivity index (χ0v) is 10.9. The summed E-state index contributed by atoms with van der Waals surface area (Å²) in [6.07, 6.45) is 0. The van der Waals surface area contributed by atoms with Gasteiger partial charge in [0.1, 0.15) is 5.75 Å². The molecule has 0 spiro atoms. The first-order valence-electron chi connectivity index (χ1n) is 5.94. The van der Waals surface area contributed by atoms with Crippen molar-refractivity contribution < 1.29 is 9.90 Å². The predicted octanol–water partition coefficient (Wildman–Crippen LogP) is 2.84. The van der Waals surface area contributed by atoms with E-state index in [1.165, 1.54) is 6.07 Å². The van der Waals surface area contributed by atoms with E-state index in [9.17, 15) is 9.90 Å². The summed E-state index contributed by atoms with van der Waals surface area (Å²) in [6.45, 7) is 3.67. The Morgan fingerprint density at radius 1 is 1.11 bits per heavy atom. The van der Waals surface area contributed by atoms with Crippen LogP contribution in [0.1, 0.15) is 21.5 Å². The highest BCUT2D eigenvalue weighted by Gasteiger charge is 2.09. The average Bonchev–Trinajstić information content (AvgIpc) is 2.37. The lowest BCUT2D eigenvalue weighted by molar-refractivity contribution is 0.102. The second-order valence-electron chi connectivity index (χ2n) is 4.53. The molecule has 0 saturated carbocycles. The minimum atomic E-state index is -0.274. The molecule has 1 amide bonds. The van der Waals surface area contributed by atoms with Crippen molar-refractivity contribution in [3.05, 3.63) is 53.1 Å². The molecule has 0 aliphatic heterocycles. The molecule has 98 valence electrons. The minimum Gasteiger partial charge on any atom is -0.508 e. The first-order valence-corrected chi connectivity index (χ1v) is 5.94. The van der Waals surface area contributed by atoms with Gasteiger partial charge >= 0.3 is 0 Å². The summed E-state index contributed by atoms with van der Waals surface area (Å²) in [4.78, 5) is 12.1. The number of carbonyl (C=O) groups excluding carboxylic acids is 1. The van der Waals surface area contributed by atoms with Crippen molar-refractivity contribution in [3.63, 3.8) is 0 Å². The second kappa shape index (κ2) is 5.02. The molecule has 4 nitrogen and oxygen atoms in total. The molecule has 2 aromatic rings. The smallest absolute Gasteiger partial charge is 0.255 e. The van der Waals surface area contributed by atoms with Crippen LogP contribution in [0.4, 0.5) is 11.4 Å². The van der Waals surface area contributed by atoms with Crippen molar-refractivity contribution >= 4 is 17.3 Å². The summed E-state index contributed by atoms with van der Waals surface area (Å²) >= 11 is 0. The molecule has 4 heteroatoms. The summed E-state index contributed by atoms with van der Waals surface area (Å²) in [6, 6.07) is 10.2. The number of phenols is 1. The van der Waals surface area contributed by atoms with Gasteiger partial charge in [0.05, 0.1) is 0 Å². The summed E-state index contributed by atoms with van der Waals surface area (Å²) in [7, 11) is 0. The van der Waals surface area contributed by atoms with Gasteiger partial charge < -0.3 is 16.2 Å². The maximum Gasteiger partial charge on any atom is 0.255 e. The molecule has 2 aromatic carbocycles. The number of amides is 1. The van der Waals surface area contributed by atoms with Gasteiger partial charge in [-0.25, -0.2) is 0 Å². The van der Waals surface area contributed by atoms with Crippen molar-refractivity contribution in [1.82, 2.24) is 0 Å².